The standard InChI is InChI=1S/C22H14N4O2S3/c27-21-17(24-22(29)28-21)10-16-11-18-19(30-16)12-20(31-18)26-25-15-8-6-14(7-9-15)23-13-4-2-1-3-5-13/h1-12,23H,(H,24,29)/b17-10+,26-25?. The zero-order valence-electron chi connectivity index (χ0n) is 15.9. The summed E-state index contributed by atoms with van der Waals surface area (Å²) in [5, 5.41) is 15.7. The summed E-state index contributed by atoms with van der Waals surface area (Å²) in [6, 6.07) is 21.8. The van der Waals surface area contributed by atoms with Crippen LogP contribution < -0.4 is 10.6 Å². The van der Waals surface area contributed by atoms with Crippen LogP contribution in [0.25, 0.3) is 15.5 Å². The molecule has 31 heavy (non-hydrogen) atoms. The predicted octanol–water partition coefficient (Wildman–Crippen LogP) is 6.89. The van der Waals surface area contributed by atoms with Crippen LogP contribution in [0.15, 0.2) is 82.7 Å². The van der Waals surface area contributed by atoms with Gasteiger partial charge in [0.25, 0.3) is 5.17 Å². The van der Waals surface area contributed by atoms with Crippen LogP contribution in [-0.2, 0) is 9.53 Å². The molecule has 1 aliphatic heterocycles. The average molecular weight is 463 g/mol. The minimum atomic E-state index is -0.457. The van der Waals surface area contributed by atoms with Crippen LogP contribution in [0.2, 0.25) is 0 Å². The molecule has 2 aromatic carbocycles. The van der Waals surface area contributed by atoms with Gasteiger partial charge in [0, 0.05) is 25.7 Å². The number of hydrogen-bond donors (Lipinski definition) is 2. The molecule has 2 aromatic heterocycles. The minimum Gasteiger partial charge on any atom is -0.394 e. The second-order valence-electron chi connectivity index (χ2n) is 6.56. The highest BCUT2D eigenvalue weighted by molar-refractivity contribution is 7.80. The molecule has 0 radical (unpaired) electrons. The van der Waals surface area contributed by atoms with Crippen molar-refractivity contribution in [2.75, 3.05) is 5.32 Å². The molecule has 9 heteroatoms. The SMILES string of the molecule is O=C1OC(=S)N/C1=C/c1cc2sc(N=Nc3ccc(Nc4ccccc4)cc3)cc2s1. The van der Waals surface area contributed by atoms with Gasteiger partial charge in [-0.3, -0.25) is 0 Å². The van der Waals surface area contributed by atoms with Crippen LogP contribution in [0, 0.1) is 0 Å². The third kappa shape index (κ3) is 4.53. The lowest BCUT2D eigenvalue weighted by atomic mass is 10.2. The lowest BCUT2D eigenvalue weighted by molar-refractivity contribution is -0.129. The molecule has 0 saturated carbocycles. The van der Waals surface area contributed by atoms with E-state index in [0.717, 1.165) is 36.3 Å². The molecular weight excluding hydrogens is 448 g/mol. The van der Waals surface area contributed by atoms with Crippen LogP contribution >= 0.6 is 34.9 Å². The number of nitrogens with one attached hydrogen (secondary N) is 2. The quantitative estimate of drug-likeness (QED) is 0.146. The summed E-state index contributed by atoms with van der Waals surface area (Å²) in [4.78, 5) is 12.6. The Labute approximate surface area is 190 Å². The fraction of sp³-hybridized carbons (Fsp3) is 0. The predicted molar refractivity (Wildman–Crippen MR) is 130 cm³/mol. The first-order valence-corrected chi connectivity index (χ1v) is 11.3. The van der Waals surface area contributed by atoms with Gasteiger partial charge in [0.2, 0.25) is 0 Å². The fourth-order valence-corrected chi connectivity index (χ4v) is 5.28. The van der Waals surface area contributed by atoms with E-state index in [2.05, 4.69) is 20.9 Å². The third-order valence-corrected chi connectivity index (χ3v) is 6.65. The smallest absolute Gasteiger partial charge is 0.362 e. The zero-order valence-corrected chi connectivity index (χ0v) is 18.3. The number of fused-ring (bicyclic) bond motifs is 1. The van der Waals surface area contributed by atoms with E-state index in [9.17, 15) is 4.79 Å². The molecule has 2 N–H and O–H groups in total. The number of carbonyl (C=O) groups is 1. The summed E-state index contributed by atoms with van der Waals surface area (Å²) in [6.07, 6.45) is 1.74. The van der Waals surface area contributed by atoms with Crippen molar-refractivity contribution >= 4 is 83.6 Å². The van der Waals surface area contributed by atoms with Crippen molar-refractivity contribution in [3.8, 4) is 0 Å². The van der Waals surface area contributed by atoms with E-state index in [1.165, 1.54) is 0 Å². The Kier molecular flexibility index (Phi) is 5.29. The van der Waals surface area contributed by atoms with Gasteiger partial charge in [0.1, 0.15) is 10.7 Å². The van der Waals surface area contributed by atoms with Crippen LogP contribution in [0.4, 0.5) is 22.1 Å². The Morgan fingerprint density at radius 1 is 0.935 bits per heavy atom. The van der Waals surface area contributed by atoms with Crippen LogP contribution in [0.3, 0.4) is 0 Å². The molecule has 5 rings (SSSR count). The van der Waals surface area contributed by atoms with Crippen molar-refractivity contribution < 1.29 is 9.53 Å². The second-order valence-corrected chi connectivity index (χ2v) is 9.11. The molecule has 0 spiro atoms. The Morgan fingerprint density at radius 3 is 2.39 bits per heavy atom. The number of nitrogens with zero attached hydrogens (tertiary/aromatic N) is 2. The summed E-state index contributed by atoms with van der Waals surface area (Å²) in [5.74, 6) is -0.457. The maximum Gasteiger partial charge on any atom is 0.362 e. The largest absolute Gasteiger partial charge is 0.394 e. The monoisotopic (exact) mass is 462 g/mol. The highest BCUT2D eigenvalue weighted by atomic mass is 32.1. The molecule has 0 aliphatic carbocycles. The lowest BCUT2D eigenvalue weighted by Crippen LogP contribution is -2.10. The van der Waals surface area contributed by atoms with Crippen LogP contribution in [0.5, 0.6) is 0 Å². The molecule has 152 valence electrons. The molecule has 6 nitrogen and oxygen atoms in total. The van der Waals surface area contributed by atoms with Crippen molar-refractivity contribution in [2.24, 2.45) is 10.2 Å². The van der Waals surface area contributed by atoms with E-state index in [4.69, 9.17) is 17.0 Å². The summed E-state index contributed by atoms with van der Waals surface area (Å²) >= 11 is 7.96. The molecule has 0 amide bonds. The highest BCUT2D eigenvalue weighted by Crippen LogP contribution is 2.39. The Morgan fingerprint density at radius 2 is 1.68 bits per heavy atom. The number of anilines is 2. The first-order chi connectivity index (χ1) is 15.1. The number of esters is 1. The number of thiophene rings is 2. The van der Waals surface area contributed by atoms with Gasteiger partial charge in [-0.15, -0.1) is 32.9 Å². The van der Waals surface area contributed by atoms with E-state index < -0.39 is 5.97 Å². The first-order valence-electron chi connectivity index (χ1n) is 9.24. The molecule has 1 aliphatic rings. The third-order valence-electron chi connectivity index (χ3n) is 4.34. The summed E-state index contributed by atoms with van der Waals surface area (Å²) in [7, 11) is 0. The summed E-state index contributed by atoms with van der Waals surface area (Å²) < 4.78 is 6.99. The van der Waals surface area contributed by atoms with Gasteiger partial charge >= 0.3 is 5.97 Å². The fourth-order valence-electron chi connectivity index (χ4n) is 2.93. The van der Waals surface area contributed by atoms with Gasteiger partial charge in [0.15, 0.2) is 0 Å². The Bertz CT molecular complexity index is 1310. The van der Waals surface area contributed by atoms with Crippen LogP contribution in [-0.4, -0.2) is 11.1 Å². The summed E-state index contributed by atoms with van der Waals surface area (Å²) in [5.41, 5.74) is 3.16. The number of thiocarbonyl (C=S) groups is 1. The molecule has 0 atom stereocenters. The van der Waals surface area contributed by atoms with Gasteiger partial charge in [-0.1, -0.05) is 18.2 Å². The van der Waals surface area contributed by atoms with Gasteiger partial charge in [-0.2, -0.15) is 0 Å². The number of hydrogen-bond acceptors (Lipinski definition) is 8. The Hall–Kier alpha value is -3.40. The summed E-state index contributed by atoms with van der Waals surface area (Å²) in [6.45, 7) is 0. The topological polar surface area (TPSA) is 75.1 Å². The van der Waals surface area contributed by atoms with Crippen molar-refractivity contribution in [3.05, 3.63) is 77.3 Å². The minimum absolute atomic E-state index is 0.0844. The van der Waals surface area contributed by atoms with E-state index in [1.54, 1.807) is 28.7 Å². The average Bonchev–Trinajstić information content (AvgIpc) is 3.41. The molecule has 0 bridgehead atoms. The second kappa shape index (κ2) is 8.38. The molecular formula is C22H14N4O2S3. The number of ether oxygens (including phenoxy) is 1. The number of azo groups is 1. The van der Waals surface area contributed by atoms with Crippen molar-refractivity contribution in [3.63, 3.8) is 0 Å². The molecule has 3 heterocycles. The maximum atomic E-state index is 11.7. The zero-order chi connectivity index (χ0) is 21.2. The van der Waals surface area contributed by atoms with E-state index in [0.29, 0.717) is 5.70 Å². The lowest BCUT2D eigenvalue weighted by Gasteiger charge is -2.05. The molecule has 1 saturated heterocycles. The Balaban J connectivity index is 1.27. The van der Waals surface area contributed by atoms with Crippen molar-refractivity contribution in [1.82, 2.24) is 5.32 Å². The molecule has 0 unspecified atom stereocenters. The number of cyclic esters (lactones) is 1. The van der Waals surface area contributed by atoms with Gasteiger partial charge in [0.05, 0.1) is 5.69 Å². The normalized spacial score (nSPS) is 15.0. The molecule has 1 fully saturated rings. The maximum absolute atomic E-state index is 11.7. The van der Waals surface area contributed by atoms with E-state index in [1.807, 2.05) is 66.7 Å². The van der Waals surface area contributed by atoms with Gasteiger partial charge < -0.3 is 15.4 Å². The van der Waals surface area contributed by atoms with Gasteiger partial charge in [-0.05, 0) is 66.8 Å². The van der Waals surface area contributed by atoms with Crippen molar-refractivity contribution in [1.29, 1.82) is 0 Å². The number of benzene rings is 2. The van der Waals surface area contributed by atoms with Crippen LogP contribution in [0.1, 0.15) is 4.88 Å². The van der Waals surface area contributed by atoms with Gasteiger partial charge in [-0.25, -0.2) is 4.79 Å². The number of para-hydroxylation sites is 1. The van der Waals surface area contributed by atoms with Crippen molar-refractivity contribution in [2.45, 2.75) is 0 Å². The number of carbonyl (C=O) groups excluding carboxylic acids is 1. The van der Waals surface area contributed by atoms with E-state index in [-0.39, 0.29) is 5.17 Å². The molecule has 4 aromatic rings. The highest BCUT2D eigenvalue weighted by Gasteiger charge is 2.23. The number of rotatable bonds is 5. The van der Waals surface area contributed by atoms with E-state index >= 15 is 0 Å². The first kappa shape index (κ1) is 19.6.